The van der Waals surface area contributed by atoms with Crippen LogP contribution in [0.3, 0.4) is 0 Å². The molecular weight excluding hydrogens is 232 g/mol. The summed E-state index contributed by atoms with van der Waals surface area (Å²) < 4.78 is 5.34. The van der Waals surface area contributed by atoms with Gasteiger partial charge in [0.25, 0.3) is 0 Å². The molecule has 0 spiro atoms. The smallest absolute Gasteiger partial charge is 0.165 e. The first-order valence-electron chi connectivity index (χ1n) is 6.08. The van der Waals surface area contributed by atoms with Crippen molar-refractivity contribution in [3.8, 4) is 0 Å². The Kier molecular flexibility index (Phi) is 4.23. The van der Waals surface area contributed by atoms with Crippen LogP contribution in [-0.4, -0.2) is 35.5 Å². The summed E-state index contributed by atoms with van der Waals surface area (Å²) in [6, 6.07) is 8.85. The van der Waals surface area contributed by atoms with E-state index in [0.717, 1.165) is 6.29 Å². The predicted octanol–water partition coefficient (Wildman–Crippen LogP) is 1.37. The van der Waals surface area contributed by atoms with Gasteiger partial charge in [-0.05, 0) is 12.8 Å². The van der Waals surface area contributed by atoms with E-state index in [1.165, 1.54) is 0 Å². The first-order chi connectivity index (χ1) is 8.70. The number of aliphatic hydroxyl groups is 1. The van der Waals surface area contributed by atoms with Crippen molar-refractivity contribution in [2.75, 3.05) is 0 Å². The SMILES string of the molecule is O=C[C@@H]1CC[C@H](C(O)CC(=O)c2ccccc2)O1. The molecule has 0 amide bonds. The molecule has 1 fully saturated rings. The zero-order valence-corrected chi connectivity index (χ0v) is 9.99. The number of benzene rings is 1. The predicted molar refractivity (Wildman–Crippen MR) is 65.4 cm³/mol. The van der Waals surface area contributed by atoms with Crippen molar-refractivity contribution in [3.63, 3.8) is 0 Å². The molecule has 2 rings (SSSR count). The van der Waals surface area contributed by atoms with Crippen molar-refractivity contribution in [2.24, 2.45) is 0 Å². The molecule has 1 heterocycles. The second kappa shape index (κ2) is 5.89. The van der Waals surface area contributed by atoms with E-state index in [4.69, 9.17) is 4.74 Å². The summed E-state index contributed by atoms with van der Waals surface area (Å²) in [5, 5.41) is 9.93. The van der Waals surface area contributed by atoms with E-state index in [1.54, 1.807) is 24.3 Å². The molecule has 1 N–H and O–H groups in total. The minimum Gasteiger partial charge on any atom is -0.390 e. The van der Waals surface area contributed by atoms with Crippen molar-refractivity contribution in [1.29, 1.82) is 0 Å². The second-order valence-corrected chi connectivity index (χ2v) is 4.49. The van der Waals surface area contributed by atoms with Crippen molar-refractivity contribution in [3.05, 3.63) is 35.9 Å². The number of hydrogen-bond donors (Lipinski definition) is 1. The van der Waals surface area contributed by atoms with Gasteiger partial charge in [0, 0.05) is 12.0 Å². The Balaban J connectivity index is 1.90. The largest absolute Gasteiger partial charge is 0.390 e. The lowest BCUT2D eigenvalue weighted by atomic mass is 10.0. The molecule has 1 saturated heterocycles. The number of aliphatic hydroxyl groups excluding tert-OH is 1. The van der Waals surface area contributed by atoms with Crippen LogP contribution < -0.4 is 0 Å². The normalized spacial score (nSPS) is 24.7. The summed E-state index contributed by atoms with van der Waals surface area (Å²) in [7, 11) is 0. The van der Waals surface area contributed by atoms with Gasteiger partial charge in [0.05, 0.1) is 12.2 Å². The fourth-order valence-corrected chi connectivity index (χ4v) is 2.14. The summed E-state index contributed by atoms with van der Waals surface area (Å²) in [6.45, 7) is 0. The molecule has 0 radical (unpaired) electrons. The summed E-state index contributed by atoms with van der Waals surface area (Å²) in [6.07, 6.45) is 0.315. The molecule has 0 aromatic heterocycles. The van der Waals surface area contributed by atoms with Gasteiger partial charge in [0.15, 0.2) is 5.78 Å². The van der Waals surface area contributed by atoms with Crippen molar-refractivity contribution < 1.29 is 19.4 Å². The molecule has 4 nitrogen and oxygen atoms in total. The third-order valence-corrected chi connectivity index (χ3v) is 3.16. The zero-order chi connectivity index (χ0) is 13.0. The number of carbonyl (C=O) groups is 2. The van der Waals surface area contributed by atoms with Crippen LogP contribution in [0, 0.1) is 0 Å². The lowest BCUT2D eigenvalue weighted by molar-refractivity contribution is -0.119. The number of ether oxygens (including phenoxy) is 1. The van der Waals surface area contributed by atoms with E-state index in [-0.39, 0.29) is 12.2 Å². The van der Waals surface area contributed by atoms with E-state index in [0.29, 0.717) is 18.4 Å². The van der Waals surface area contributed by atoms with Crippen molar-refractivity contribution in [2.45, 2.75) is 37.6 Å². The molecule has 1 aromatic carbocycles. The van der Waals surface area contributed by atoms with Gasteiger partial charge < -0.3 is 14.6 Å². The third kappa shape index (κ3) is 3.03. The maximum Gasteiger partial charge on any atom is 0.165 e. The average Bonchev–Trinajstić information content (AvgIpc) is 2.88. The van der Waals surface area contributed by atoms with Crippen LogP contribution in [-0.2, 0) is 9.53 Å². The highest BCUT2D eigenvalue weighted by Gasteiger charge is 2.31. The van der Waals surface area contributed by atoms with Crippen molar-refractivity contribution >= 4 is 12.1 Å². The summed E-state index contributed by atoms with van der Waals surface area (Å²) in [4.78, 5) is 22.4. The lowest BCUT2D eigenvalue weighted by Gasteiger charge is -2.17. The molecule has 96 valence electrons. The summed E-state index contributed by atoms with van der Waals surface area (Å²) in [5.74, 6) is -0.110. The van der Waals surface area contributed by atoms with Gasteiger partial charge in [-0.15, -0.1) is 0 Å². The molecule has 0 saturated carbocycles. The van der Waals surface area contributed by atoms with Gasteiger partial charge in [-0.25, -0.2) is 0 Å². The fourth-order valence-electron chi connectivity index (χ4n) is 2.14. The maximum atomic E-state index is 11.9. The molecular formula is C14H16O4. The highest BCUT2D eigenvalue weighted by Crippen LogP contribution is 2.23. The van der Waals surface area contributed by atoms with Gasteiger partial charge >= 0.3 is 0 Å². The Morgan fingerprint density at radius 3 is 2.72 bits per heavy atom. The minimum absolute atomic E-state index is 0.0280. The van der Waals surface area contributed by atoms with Crippen LogP contribution in [0.25, 0.3) is 0 Å². The lowest BCUT2D eigenvalue weighted by Crippen LogP contribution is -2.29. The molecule has 1 aliphatic heterocycles. The van der Waals surface area contributed by atoms with Crippen LogP contribution in [0.2, 0.25) is 0 Å². The second-order valence-electron chi connectivity index (χ2n) is 4.49. The monoisotopic (exact) mass is 248 g/mol. The number of rotatable bonds is 5. The number of hydrogen-bond acceptors (Lipinski definition) is 4. The molecule has 3 atom stereocenters. The molecule has 1 aliphatic rings. The van der Waals surface area contributed by atoms with E-state index >= 15 is 0 Å². The van der Waals surface area contributed by atoms with Gasteiger partial charge in [-0.3, -0.25) is 4.79 Å². The highest BCUT2D eigenvalue weighted by atomic mass is 16.5. The van der Waals surface area contributed by atoms with Gasteiger partial charge in [-0.1, -0.05) is 30.3 Å². The first-order valence-corrected chi connectivity index (χ1v) is 6.08. The molecule has 18 heavy (non-hydrogen) atoms. The van der Waals surface area contributed by atoms with E-state index in [2.05, 4.69) is 0 Å². The van der Waals surface area contributed by atoms with Gasteiger partial charge in [0.2, 0.25) is 0 Å². The number of ketones is 1. The van der Waals surface area contributed by atoms with E-state index in [1.807, 2.05) is 6.07 Å². The molecule has 4 heteroatoms. The molecule has 0 aliphatic carbocycles. The quantitative estimate of drug-likeness (QED) is 0.631. The van der Waals surface area contributed by atoms with Crippen LogP contribution in [0.4, 0.5) is 0 Å². The fraction of sp³-hybridized carbons (Fsp3) is 0.429. The first kappa shape index (κ1) is 12.9. The van der Waals surface area contributed by atoms with E-state index in [9.17, 15) is 14.7 Å². The Labute approximate surface area is 106 Å². The highest BCUT2D eigenvalue weighted by molar-refractivity contribution is 5.96. The van der Waals surface area contributed by atoms with Gasteiger partial charge in [-0.2, -0.15) is 0 Å². The van der Waals surface area contributed by atoms with Crippen LogP contribution in [0.1, 0.15) is 29.6 Å². The zero-order valence-electron chi connectivity index (χ0n) is 9.99. The average molecular weight is 248 g/mol. The summed E-state index contributed by atoms with van der Waals surface area (Å²) >= 11 is 0. The third-order valence-electron chi connectivity index (χ3n) is 3.16. The minimum atomic E-state index is -0.845. The van der Waals surface area contributed by atoms with Crippen LogP contribution >= 0.6 is 0 Å². The number of aldehydes is 1. The Hall–Kier alpha value is -1.52. The number of carbonyl (C=O) groups excluding carboxylic acids is 2. The Morgan fingerprint density at radius 1 is 1.39 bits per heavy atom. The topological polar surface area (TPSA) is 63.6 Å². The molecule has 1 unspecified atom stereocenters. The van der Waals surface area contributed by atoms with Crippen LogP contribution in [0.15, 0.2) is 30.3 Å². The van der Waals surface area contributed by atoms with Crippen molar-refractivity contribution in [1.82, 2.24) is 0 Å². The maximum absolute atomic E-state index is 11.9. The Morgan fingerprint density at radius 2 is 2.11 bits per heavy atom. The standard InChI is InChI=1S/C14H16O4/c15-9-11-6-7-14(18-11)13(17)8-12(16)10-4-2-1-3-5-10/h1-5,9,11,13-14,17H,6-8H2/t11-,13?,14+/m0/s1. The Bertz CT molecular complexity index is 415. The molecule has 0 bridgehead atoms. The number of Topliss-reactive ketones (excluding diaryl/α,β-unsaturated/α-hetero) is 1. The van der Waals surface area contributed by atoms with Gasteiger partial charge in [0.1, 0.15) is 12.4 Å². The molecule has 1 aromatic rings. The summed E-state index contributed by atoms with van der Waals surface area (Å²) in [5.41, 5.74) is 0.585. The van der Waals surface area contributed by atoms with Crippen LogP contribution in [0.5, 0.6) is 0 Å². The van der Waals surface area contributed by atoms with E-state index < -0.39 is 18.3 Å².